The zero-order valence-electron chi connectivity index (χ0n) is 18.3. The molecule has 3 N–H and O–H groups in total. The minimum Gasteiger partial charge on any atom is -0.459 e. The molecule has 0 saturated carbocycles. The summed E-state index contributed by atoms with van der Waals surface area (Å²) in [5.74, 6) is -0.420. The van der Waals surface area contributed by atoms with Gasteiger partial charge in [0.05, 0.1) is 12.7 Å². The minimum absolute atomic E-state index is 0.0765. The molecule has 0 bridgehead atoms. The Labute approximate surface area is 164 Å². The van der Waals surface area contributed by atoms with Gasteiger partial charge in [-0.1, -0.05) is 34.3 Å². The van der Waals surface area contributed by atoms with Gasteiger partial charge in [-0.25, -0.2) is 4.79 Å². The van der Waals surface area contributed by atoms with E-state index in [0.717, 1.165) is 0 Å². The number of ketones is 1. The van der Waals surface area contributed by atoms with E-state index in [9.17, 15) is 14.7 Å². The molecule has 2 atom stereocenters. The molecule has 0 spiro atoms. The summed E-state index contributed by atoms with van der Waals surface area (Å²) in [6, 6.07) is 0. The fraction of sp³-hybridized carbons (Fsp3) is 0.810. The van der Waals surface area contributed by atoms with E-state index >= 15 is 0 Å². The van der Waals surface area contributed by atoms with Gasteiger partial charge in [0.2, 0.25) is 0 Å². The third-order valence-corrected chi connectivity index (χ3v) is 5.26. The summed E-state index contributed by atoms with van der Waals surface area (Å²) in [5.41, 5.74) is 5.24. The van der Waals surface area contributed by atoms with E-state index in [2.05, 4.69) is 6.58 Å². The molecular weight excluding hydrogens is 346 g/mol. The van der Waals surface area contributed by atoms with Crippen molar-refractivity contribution in [2.75, 3.05) is 13.2 Å². The molecule has 0 fully saturated rings. The van der Waals surface area contributed by atoms with Gasteiger partial charge in [0, 0.05) is 17.5 Å². The number of hydrogen-bond donors (Lipinski definition) is 2. The second kappa shape index (κ2) is 9.80. The van der Waals surface area contributed by atoms with Gasteiger partial charge < -0.3 is 25.1 Å². The van der Waals surface area contributed by atoms with Crippen LogP contribution in [0.15, 0.2) is 12.2 Å². The lowest BCUT2D eigenvalue weighted by atomic mass is 9.61. The van der Waals surface area contributed by atoms with Crippen LogP contribution in [-0.4, -0.2) is 47.8 Å². The molecule has 0 aromatic carbocycles. The van der Waals surface area contributed by atoms with Gasteiger partial charge in [0.1, 0.15) is 18.5 Å². The lowest BCUT2D eigenvalue weighted by Crippen LogP contribution is -2.51. The van der Waals surface area contributed by atoms with E-state index in [-0.39, 0.29) is 36.1 Å². The van der Waals surface area contributed by atoms with Crippen molar-refractivity contribution in [1.82, 2.24) is 0 Å². The third-order valence-electron chi connectivity index (χ3n) is 5.26. The molecule has 0 aliphatic rings. The predicted octanol–water partition coefficient (Wildman–Crippen LogP) is 3.01. The quantitative estimate of drug-likeness (QED) is 0.396. The van der Waals surface area contributed by atoms with Crippen LogP contribution in [0, 0.1) is 10.8 Å². The van der Waals surface area contributed by atoms with E-state index in [1.165, 1.54) is 0 Å². The largest absolute Gasteiger partial charge is 0.459 e. The molecule has 0 radical (unpaired) electrons. The van der Waals surface area contributed by atoms with Gasteiger partial charge in [-0.3, -0.25) is 0 Å². The first-order chi connectivity index (χ1) is 12.0. The Bertz CT molecular complexity index is 531. The lowest BCUT2D eigenvalue weighted by molar-refractivity contribution is -0.163. The number of esters is 1. The average Bonchev–Trinajstić information content (AvgIpc) is 2.46. The second-order valence-electron chi connectivity index (χ2n) is 9.49. The Kier molecular flexibility index (Phi) is 9.35. The highest BCUT2D eigenvalue weighted by Crippen LogP contribution is 2.47. The first-order valence-electron chi connectivity index (χ1n) is 9.40. The van der Waals surface area contributed by atoms with Gasteiger partial charge in [0.15, 0.2) is 0 Å². The van der Waals surface area contributed by atoms with Gasteiger partial charge >= 0.3 is 5.97 Å². The highest BCUT2D eigenvalue weighted by molar-refractivity contribution is 5.86. The summed E-state index contributed by atoms with van der Waals surface area (Å²) in [6.07, 6.45) is -0.119. The van der Waals surface area contributed by atoms with E-state index in [0.29, 0.717) is 12.8 Å². The molecular formula is C21H39NO5. The van der Waals surface area contributed by atoms with Crippen molar-refractivity contribution in [2.45, 2.75) is 86.0 Å². The Balaban J connectivity index is 5.53. The zero-order chi connectivity index (χ0) is 21.6. The molecule has 0 aromatic rings. The molecule has 6 nitrogen and oxygen atoms in total. The molecule has 0 saturated heterocycles. The van der Waals surface area contributed by atoms with Crippen LogP contribution in [0.4, 0.5) is 0 Å². The summed E-state index contributed by atoms with van der Waals surface area (Å²) in [4.78, 5) is 23.4. The van der Waals surface area contributed by atoms with Crippen LogP contribution >= 0.6 is 0 Å². The lowest BCUT2D eigenvalue weighted by Gasteiger charge is -2.48. The van der Waals surface area contributed by atoms with Crippen LogP contribution in [0.3, 0.4) is 0 Å². The molecule has 0 amide bonds. The molecule has 6 heteroatoms. The van der Waals surface area contributed by atoms with E-state index in [1.54, 1.807) is 13.8 Å². The highest BCUT2D eigenvalue weighted by Gasteiger charge is 2.46. The van der Waals surface area contributed by atoms with Crippen LogP contribution in [0.1, 0.15) is 68.2 Å². The number of Topliss-reactive ketones (excluding diaryl/α,β-unsaturated/α-hetero) is 1. The van der Waals surface area contributed by atoms with Crippen molar-refractivity contribution in [3.63, 3.8) is 0 Å². The van der Waals surface area contributed by atoms with Crippen LogP contribution in [0.5, 0.6) is 0 Å². The van der Waals surface area contributed by atoms with Crippen molar-refractivity contribution in [2.24, 2.45) is 16.6 Å². The van der Waals surface area contributed by atoms with Gasteiger partial charge in [-0.15, -0.1) is 0 Å². The summed E-state index contributed by atoms with van der Waals surface area (Å²) < 4.78 is 11.3. The molecule has 27 heavy (non-hydrogen) atoms. The van der Waals surface area contributed by atoms with E-state index in [4.69, 9.17) is 15.2 Å². The number of aliphatic hydroxyl groups is 1. The van der Waals surface area contributed by atoms with Crippen molar-refractivity contribution in [3.05, 3.63) is 12.2 Å². The average molecular weight is 386 g/mol. The standard InChI is InChI=1S/C21H39NO5/c1-14(2)18(25)26-13-16(12-23)27-17(11-20(6,7)22)21(8,9)19(4,5)10-15(3)24/h16-17,23H,1,10-13,22H2,2-9H3. The molecule has 0 aliphatic carbocycles. The molecule has 0 rings (SSSR count). The monoisotopic (exact) mass is 385 g/mol. The topological polar surface area (TPSA) is 98.8 Å². The number of hydrogen-bond acceptors (Lipinski definition) is 6. The predicted molar refractivity (Wildman–Crippen MR) is 107 cm³/mol. The number of aliphatic hydroxyl groups excluding tert-OH is 1. The Hall–Kier alpha value is -1.24. The van der Waals surface area contributed by atoms with Crippen molar-refractivity contribution >= 4 is 11.8 Å². The summed E-state index contributed by atoms with van der Waals surface area (Å²) in [6.45, 7) is 18.3. The Morgan fingerprint density at radius 1 is 1.11 bits per heavy atom. The Morgan fingerprint density at radius 2 is 1.63 bits per heavy atom. The highest BCUT2D eigenvalue weighted by atomic mass is 16.6. The molecule has 0 aromatic heterocycles. The van der Waals surface area contributed by atoms with Crippen LogP contribution in [-0.2, 0) is 19.1 Å². The van der Waals surface area contributed by atoms with Gasteiger partial charge in [-0.2, -0.15) is 0 Å². The van der Waals surface area contributed by atoms with Gasteiger partial charge in [-0.05, 0) is 44.9 Å². The second-order valence-corrected chi connectivity index (χ2v) is 9.49. The van der Waals surface area contributed by atoms with E-state index in [1.807, 2.05) is 41.5 Å². The number of nitrogens with two attached hydrogens (primary N) is 1. The van der Waals surface area contributed by atoms with Crippen LogP contribution in [0.25, 0.3) is 0 Å². The third kappa shape index (κ3) is 8.54. The van der Waals surface area contributed by atoms with Crippen LogP contribution < -0.4 is 5.73 Å². The maximum absolute atomic E-state index is 11.8. The molecule has 0 aliphatic heterocycles. The van der Waals surface area contributed by atoms with Crippen molar-refractivity contribution in [1.29, 1.82) is 0 Å². The smallest absolute Gasteiger partial charge is 0.333 e. The van der Waals surface area contributed by atoms with E-state index < -0.39 is 23.0 Å². The van der Waals surface area contributed by atoms with Crippen molar-refractivity contribution < 1.29 is 24.2 Å². The molecule has 2 unspecified atom stereocenters. The van der Waals surface area contributed by atoms with Gasteiger partial charge in [0.25, 0.3) is 0 Å². The zero-order valence-corrected chi connectivity index (χ0v) is 18.3. The van der Waals surface area contributed by atoms with Crippen LogP contribution in [0.2, 0.25) is 0 Å². The first-order valence-corrected chi connectivity index (χ1v) is 9.40. The fourth-order valence-corrected chi connectivity index (χ4v) is 2.90. The number of rotatable bonds is 12. The minimum atomic E-state index is -0.687. The molecule has 158 valence electrons. The summed E-state index contributed by atoms with van der Waals surface area (Å²) >= 11 is 0. The summed E-state index contributed by atoms with van der Waals surface area (Å²) in [7, 11) is 0. The summed E-state index contributed by atoms with van der Waals surface area (Å²) in [5, 5.41) is 9.71. The fourth-order valence-electron chi connectivity index (χ4n) is 2.90. The maximum Gasteiger partial charge on any atom is 0.333 e. The molecule has 0 heterocycles. The number of ether oxygens (including phenoxy) is 2. The number of carbonyl (C=O) groups excluding carboxylic acids is 2. The number of carbonyl (C=O) groups is 2. The maximum atomic E-state index is 11.8. The normalized spacial score (nSPS) is 15.2. The SMILES string of the molecule is C=C(C)C(=O)OCC(CO)OC(CC(C)(C)N)C(C)(C)C(C)(C)CC(C)=O. The van der Waals surface area contributed by atoms with Crippen molar-refractivity contribution in [3.8, 4) is 0 Å². The first kappa shape index (κ1) is 25.8. The Morgan fingerprint density at radius 3 is 2.00 bits per heavy atom.